The van der Waals surface area contributed by atoms with Crippen LogP contribution in [-0.4, -0.2) is 51.9 Å². The van der Waals surface area contributed by atoms with Crippen LogP contribution in [-0.2, 0) is 0 Å². The Hall–Kier alpha value is -2.65. The predicted octanol–water partition coefficient (Wildman–Crippen LogP) is 3.22. The van der Waals surface area contributed by atoms with Crippen molar-refractivity contribution in [1.82, 2.24) is 25.2 Å². The lowest BCUT2D eigenvalue weighted by Gasteiger charge is -2.16. The SMILES string of the molecule is C[C@H](Nc1nc(C(=O)NCCN2CCCC2)c2sccc2n1)c1cncc(F)c1. The first-order valence-electron chi connectivity index (χ1n) is 9.73. The van der Waals surface area contributed by atoms with E-state index in [1.165, 1.54) is 30.2 Å². The van der Waals surface area contributed by atoms with Crippen molar-refractivity contribution in [1.29, 1.82) is 0 Å². The van der Waals surface area contributed by atoms with Crippen molar-refractivity contribution >= 4 is 33.4 Å². The summed E-state index contributed by atoms with van der Waals surface area (Å²) >= 11 is 1.44. The number of rotatable bonds is 7. The van der Waals surface area contributed by atoms with Gasteiger partial charge in [-0.3, -0.25) is 9.78 Å². The van der Waals surface area contributed by atoms with Crippen molar-refractivity contribution in [3.8, 4) is 0 Å². The van der Waals surface area contributed by atoms with Gasteiger partial charge in [-0.05, 0) is 55.9 Å². The van der Waals surface area contributed by atoms with Crippen LogP contribution in [0.25, 0.3) is 10.2 Å². The summed E-state index contributed by atoms with van der Waals surface area (Å²) in [4.78, 5) is 28.0. The summed E-state index contributed by atoms with van der Waals surface area (Å²) in [6.45, 7) is 5.50. The van der Waals surface area contributed by atoms with Gasteiger partial charge in [-0.25, -0.2) is 14.4 Å². The lowest BCUT2D eigenvalue weighted by molar-refractivity contribution is 0.0947. The van der Waals surface area contributed by atoms with Crippen LogP contribution in [0.1, 0.15) is 41.9 Å². The molecule has 7 nitrogen and oxygen atoms in total. The minimum atomic E-state index is -0.400. The Morgan fingerprint density at radius 1 is 1.31 bits per heavy atom. The summed E-state index contributed by atoms with van der Waals surface area (Å²) in [5, 5.41) is 8.02. The summed E-state index contributed by atoms with van der Waals surface area (Å²) in [7, 11) is 0. The van der Waals surface area contributed by atoms with Gasteiger partial charge in [0.1, 0.15) is 5.82 Å². The third kappa shape index (κ3) is 4.68. The van der Waals surface area contributed by atoms with Gasteiger partial charge in [-0.1, -0.05) is 0 Å². The molecule has 1 saturated heterocycles. The van der Waals surface area contributed by atoms with E-state index in [-0.39, 0.29) is 11.9 Å². The molecule has 0 aliphatic carbocycles. The van der Waals surface area contributed by atoms with Gasteiger partial charge in [-0.15, -0.1) is 11.3 Å². The number of carbonyl (C=O) groups is 1. The second-order valence-electron chi connectivity index (χ2n) is 7.14. The Morgan fingerprint density at radius 2 is 2.14 bits per heavy atom. The summed E-state index contributed by atoms with van der Waals surface area (Å²) in [6, 6.07) is 3.02. The van der Waals surface area contributed by atoms with Crippen LogP contribution < -0.4 is 10.6 Å². The average molecular weight is 415 g/mol. The number of anilines is 1. The van der Waals surface area contributed by atoms with E-state index in [0.29, 0.717) is 29.3 Å². The van der Waals surface area contributed by atoms with E-state index in [9.17, 15) is 9.18 Å². The van der Waals surface area contributed by atoms with E-state index in [1.54, 1.807) is 6.20 Å². The van der Waals surface area contributed by atoms with Crippen molar-refractivity contribution in [3.63, 3.8) is 0 Å². The lowest BCUT2D eigenvalue weighted by atomic mass is 10.1. The molecule has 1 amide bonds. The zero-order valence-corrected chi connectivity index (χ0v) is 17.0. The molecule has 1 aliphatic heterocycles. The minimum Gasteiger partial charge on any atom is -0.349 e. The number of hydrogen-bond acceptors (Lipinski definition) is 7. The highest BCUT2D eigenvalue weighted by Crippen LogP contribution is 2.25. The molecule has 0 saturated carbocycles. The van der Waals surface area contributed by atoms with Crippen LogP contribution >= 0.6 is 11.3 Å². The molecule has 3 aromatic rings. The fourth-order valence-electron chi connectivity index (χ4n) is 3.44. The third-order valence-electron chi connectivity index (χ3n) is 5.00. The van der Waals surface area contributed by atoms with E-state index in [1.807, 2.05) is 18.4 Å². The largest absolute Gasteiger partial charge is 0.349 e. The third-order valence-corrected chi connectivity index (χ3v) is 5.91. The smallest absolute Gasteiger partial charge is 0.271 e. The summed E-state index contributed by atoms with van der Waals surface area (Å²) in [5.41, 5.74) is 1.75. The number of nitrogens with zero attached hydrogens (tertiary/aromatic N) is 4. The van der Waals surface area contributed by atoms with Gasteiger partial charge in [0, 0.05) is 19.3 Å². The molecular formula is C20H23FN6OS. The van der Waals surface area contributed by atoms with Crippen molar-refractivity contribution in [2.24, 2.45) is 0 Å². The second-order valence-corrected chi connectivity index (χ2v) is 8.05. The van der Waals surface area contributed by atoms with Gasteiger partial charge < -0.3 is 15.5 Å². The number of fused-ring (bicyclic) bond motifs is 1. The molecule has 4 rings (SSSR count). The normalized spacial score (nSPS) is 15.5. The molecule has 1 aliphatic rings. The molecule has 9 heteroatoms. The van der Waals surface area contributed by atoms with E-state index in [2.05, 4.69) is 30.5 Å². The van der Waals surface area contributed by atoms with Crippen molar-refractivity contribution in [2.45, 2.75) is 25.8 Å². The van der Waals surface area contributed by atoms with Gasteiger partial charge in [0.2, 0.25) is 5.95 Å². The summed E-state index contributed by atoms with van der Waals surface area (Å²) in [5.74, 6) is -0.275. The lowest BCUT2D eigenvalue weighted by Crippen LogP contribution is -2.34. The Bertz CT molecular complexity index is 1000. The quantitative estimate of drug-likeness (QED) is 0.618. The molecule has 0 radical (unpaired) electrons. The second kappa shape index (κ2) is 8.79. The highest BCUT2D eigenvalue weighted by Gasteiger charge is 2.18. The number of halogens is 1. The number of likely N-dealkylation sites (tertiary alicyclic amines) is 1. The van der Waals surface area contributed by atoms with E-state index >= 15 is 0 Å². The molecular weight excluding hydrogens is 391 g/mol. The molecule has 2 N–H and O–H groups in total. The van der Waals surface area contributed by atoms with Crippen LogP contribution in [0, 0.1) is 5.82 Å². The zero-order chi connectivity index (χ0) is 20.2. The van der Waals surface area contributed by atoms with Gasteiger partial charge in [0.15, 0.2) is 5.69 Å². The highest BCUT2D eigenvalue weighted by atomic mass is 32.1. The number of carbonyl (C=O) groups excluding carboxylic acids is 1. The van der Waals surface area contributed by atoms with Gasteiger partial charge >= 0.3 is 0 Å². The van der Waals surface area contributed by atoms with Crippen LogP contribution in [0.5, 0.6) is 0 Å². The van der Waals surface area contributed by atoms with Gasteiger partial charge in [0.25, 0.3) is 5.91 Å². The maximum atomic E-state index is 13.5. The number of hydrogen-bond donors (Lipinski definition) is 2. The molecule has 0 bridgehead atoms. The molecule has 29 heavy (non-hydrogen) atoms. The first-order chi connectivity index (χ1) is 14.1. The monoisotopic (exact) mass is 414 g/mol. The molecule has 4 heterocycles. The molecule has 3 aromatic heterocycles. The average Bonchev–Trinajstić information content (AvgIpc) is 3.39. The summed E-state index contributed by atoms with van der Waals surface area (Å²) in [6.07, 6.45) is 5.21. The van der Waals surface area contributed by atoms with E-state index < -0.39 is 5.82 Å². The molecule has 152 valence electrons. The number of pyridine rings is 1. The number of thiophene rings is 1. The Balaban J connectivity index is 1.49. The topological polar surface area (TPSA) is 83.0 Å². The van der Waals surface area contributed by atoms with Gasteiger partial charge in [-0.2, -0.15) is 0 Å². The van der Waals surface area contributed by atoms with Crippen molar-refractivity contribution in [2.75, 3.05) is 31.5 Å². The first-order valence-corrected chi connectivity index (χ1v) is 10.6. The highest BCUT2D eigenvalue weighted by molar-refractivity contribution is 7.17. The van der Waals surface area contributed by atoms with Crippen LogP contribution in [0.3, 0.4) is 0 Å². The Labute approximate surface area is 172 Å². The van der Waals surface area contributed by atoms with E-state index in [4.69, 9.17) is 0 Å². The minimum absolute atomic E-state index is 0.206. The molecule has 1 fully saturated rings. The standard InChI is InChI=1S/C20H23FN6OS/c1-13(14-10-15(21)12-22-11-14)24-20-25-16-4-9-29-18(16)17(26-20)19(28)23-5-8-27-6-2-3-7-27/h4,9-13H,2-3,5-8H2,1H3,(H,23,28)(H,24,25,26)/t13-/m0/s1. The number of amides is 1. The molecule has 0 spiro atoms. The Morgan fingerprint density at radius 3 is 2.93 bits per heavy atom. The first kappa shape index (κ1) is 19.7. The maximum absolute atomic E-state index is 13.5. The van der Waals surface area contributed by atoms with Crippen LogP contribution in [0.4, 0.5) is 10.3 Å². The van der Waals surface area contributed by atoms with Crippen LogP contribution in [0.2, 0.25) is 0 Å². The van der Waals surface area contributed by atoms with Crippen molar-refractivity contribution in [3.05, 3.63) is 47.0 Å². The van der Waals surface area contributed by atoms with Gasteiger partial charge in [0.05, 0.1) is 22.5 Å². The number of aromatic nitrogens is 3. The molecule has 0 unspecified atom stereocenters. The van der Waals surface area contributed by atoms with Crippen LogP contribution in [0.15, 0.2) is 29.9 Å². The predicted molar refractivity (Wildman–Crippen MR) is 112 cm³/mol. The maximum Gasteiger partial charge on any atom is 0.271 e. The summed E-state index contributed by atoms with van der Waals surface area (Å²) < 4.78 is 14.2. The zero-order valence-electron chi connectivity index (χ0n) is 16.2. The Kier molecular flexibility index (Phi) is 5.96. The molecule has 0 aromatic carbocycles. The number of nitrogens with one attached hydrogen (secondary N) is 2. The molecule has 1 atom stereocenters. The van der Waals surface area contributed by atoms with E-state index in [0.717, 1.165) is 30.5 Å². The fraction of sp³-hybridized carbons (Fsp3) is 0.400. The fourth-order valence-corrected chi connectivity index (χ4v) is 4.26. The van der Waals surface area contributed by atoms with Crippen molar-refractivity contribution < 1.29 is 9.18 Å².